The van der Waals surface area contributed by atoms with Crippen molar-refractivity contribution in [2.24, 2.45) is 0 Å². The minimum Gasteiger partial charge on any atom is -0.396 e. The first-order chi connectivity index (χ1) is 7.74. The molecule has 0 radical (unpaired) electrons. The maximum absolute atomic E-state index is 13.2. The number of hydrogen-bond donors (Lipinski definition) is 2. The molecule has 0 bridgehead atoms. The van der Waals surface area contributed by atoms with Crippen LogP contribution in [0.25, 0.3) is 0 Å². The van der Waals surface area contributed by atoms with Gasteiger partial charge >= 0.3 is 0 Å². The molecule has 0 aliphatic rings. The van der Waals surface area contributed by atoms with E-state index in [1.807, 2.05) is 0 Å². The van der Waals surface area contributed by atoms with Gasteiger partial charge in [0, 0.05) is 12.7 Å². The molecule has 0 aromatic heterocycles. The molecule has 4 heteroatoms. The van der Waals surface area contributed by atoms with Gasteiger partial charge in [-0.3, -0.25) is 0 Å². The Hall–Kier alpha value is -1.00. The van der Waals surface area contributed by atoms with E-state index in [0.717, 1.165) is 25.5 Å². The van der Waals surface area contributed by atoms with Crippen LogP contribution in [-0.2, 0) is 6.42 Å². The van der Waals surface area contributed by atoms with Gasteiger partial charge in [-0.15, -0.1) is 0 Å². The summed E-state index contributed by atoms with van der Waals surface area (Å²) in [5, 5.41) is 11.7. The van der Waals surface area contributed by atoms with Gasteiger partial charge in [-0.05, 0) is 44.0 Å². The number of rotatable bonds is 7. The van der Waals surface area contributed by atoms with Crippen LogP contribution in [0, 0.1) is 11.6 Å². The van der Waals surface area contributed by atoms with Gasteiger partial charge in [0.1, 0.15) is 11.6 Å². The van der Waals surface area contributed by atoms with Gasteiger partial charge in [-0.2, -0.15) is 0 Å². The Labute approximate surface area is 94.3 Å². The zero-order valence-corrected chi connectivity index (χ0v) is 9.18. The highest BCUT2D eigenvalue weighted by Crippen LogP contribution is 2.09. The first-order valence-corrected chi connectivity index (χ1v) is 5.49. The molecule has 0 atom stereocenters. The summed E-state index contributed by atoms with van der Waals surface area (Å²) in [6.07, 6.45) is 2.23. The summed E-state index contributed by atoms with van der Waals surface area (Å²) >= 11 is 0. The van der Waals surface area contributed by atoms with Gasteiger partial charge in [0.15, 0.2) is 0 Å². The van der Waals surface area contributed by atoms with Gasteiger partial charge in [0.05, 0.1) is 0 Å². The predicted octanol–water partition coefficient (Wildman–Crippen LogP) is 1.87. The number of unbranched alkanes of at least 4 members (excludes halogenated alkanes) is 1. The van der Waals surface area contributed by atoms with Crippen LogP contribution in [0.5, 0.6) is 0 Å². The fourth-order valence-corrected chi connectivity index (χ4v) is 1.43. The van der Waals surface area contributed by atoms with Crippen molar-refractivity contribution in [3.8, 4) is 0 Å². The van der Waals surface area contributed by atoms with Crippen molar-refractivity contribution in [2.75, 3.05) is 19.7 Å². The van der Waals surface area contributed by atoms with Crippen molar-refractivity contribution in [3.05, 3.63) is 35.4 Å². The van der Waals surface area contributed by atoms with Crippen molar-refractivity contribution < 1.29 is 13.9 Å². The molecule has 0 saturated carbocycles. The van der Waals surface area contributed by atoms with Crippen LogP contribution in [0.1, 0.15) is 18.4 Å². The molecule has 0 aliphatic heterocycles. The smallest absolute Gasteiger partial charge is 0.129 e. The molecule has 0 spiro atoms. The predicted molar refractivity (Wildman–Crippen MR) is 59.3 cm³/mol. The number of aliphatic hydroxyl groups excluding tert-OH is 1. The Morgan fingerprint density at radius 2 is 1.94 bits per heavy atom. The molecule has 0 aliphatic carbocycles. The zero-order chi connectivity index (χ0) is 11.8. The van der Waals surface area contributed by atoms with Crippen LogP contribution < -0.4 is 5.32 Å². The highest BCUT2D eigenvalue weighted by Gasteiger charge is 2.02. The van der Waals surface area contributed by atoms with Gasteiger partial charge < -0.3 is 10.4 Å². The average molecular weight is 229 g/mol. The number of aliphatic hydroxyl groups is 1. The maximum Gasteiger partial charge on any atom is 0.129 e. The topological polar surface area (TPSA) is 32.3 Å². The molecule has 2 nitrogen and oxygen atoms in total. The van der Waals surface area contributed by atoms with Crippen LogP contribution in [0.3, 0.4) is 0 Å². The summed E-state index contributed by atoms with van der Waals surface area (Å²) in [5.74, 6) is -1.03. The molecule has 0 amide bonds. The van der Waals surface area contributed by atoms with E-state index in [9.17, 15) is 8.78 Å². The highest BCUT2D eigenvalue weighted by atomic mass is 19.1. The standard InChI is InChI=1S/C12H17F2NO/c13-11-4-3-10(12(14)9-11)5-7-15-6-1-2-8-16/h3-4,9,15-16H,1-2,5-8H2. The highest BCUT2D eigenvalue weighted by molar-refractivity contribution is 5.18. The molecule has 90 valence electrons. The number of halogens is 2. The fraction of sp³-hybridized carbons (Fsp3) is 0.500. The van der Waals surface area contributed by atoms with E-state index < -0.39 is 11.6 Å². The molecule has 0 heterocycles. The van der Waals surface area contributed by atoms with Crippen LogP contribution in [0.4, 0.5) is 8.78 Å². The Morgan fingerprint density at radius 1 is 1.12 bits per heavy atom. The third-order valence-corrected chi connectivity index (χ3v) is 2.35. The average Bonchev–Trinajstić information content (AvgIpc) is 2.26. The summed E-state index contributed by atoms with van der Waals surface area (Å²) in [7, 11) is 0. The molecule has 1 rings (SSSR count). The lowest BCUT2D eigenvalue weighted by Crippen LogP contribution is -2.19. The van der Waals surface area contributed by atoms with Crippen LogP contribution >= 0.6 is 0 Å². The molecule has 0 saturated heterocycles. The van der Waals surface area contributed by atoms with Gasteiger partial charge in [-0.1, -0.05) is 6.07 Å². The van der Waals surface area contributed by atoms with Crippen molar-refractivity contribution in [1.29, 1.82) is 0 Å². The largest absolute Gasteiger partial charge is 0.396 e. The Kier molecular flexibility index (Phi) is 5.96. The zero-order valence-electron chi connectivity index (χ0n) is 9.18. The summed E-state index contributed by atoms with van der Waals surface area (Å²) in [6.45, 7) is 1.67. The molecule has 16 heavy (non-hydrogen) atoms. The lowest BCUT2D eigenvalue weighted by Gasteiger charge is -2.05. The maximum atomic E-state index is 13.2. The molecule has 1 aromatic carbocycles. The molecule has 2 N–H and O–H groups in total. The summed E-state index contributed by atoms with van der Waals surface area (Å²) in [6, 6.07) is 3.64. The van der Waals surface area contributed by atoms with Gasteiger partial charge in [0.2, 0.25) is 0 Å². The van der Waals surface area contributed by atoms with Crippen molar-refractivity contribution in [1.82, 2.24) is 5.32 Å². The quantitative estimate of drug-likeness (QED) is 0.700. The third-order valence-electron chi connectivity index (χ3n) is 2.35. The molecular formula is C12H17F2NO. The first-order valence-electron chi connectivity index (χ1n) is 5.49. The van der Waals surface area contributed by atoms with Crippen molar-refractivity contribution in [2.45, 2.75) is 19.3 Å². The minimum absolute atomic E-state index is 0.203. The van der Waals surface area contributed by atoms with Crippen LogP contribution in [0.2, 0.25) is 0 Å². The number of nitrogens with one attached hydrogen (secondary N) is 1. The summed E-state index contributed by atoms with van der Waals surface area (Å²) in [4.78, 5) is 0. The van der Waals surface area contributed by atoms with E-state index in [4.69, 9.17) is 5.11 Å². The summed E-state index contributed by atoms with van der Waals surface area (Å²) < 4.78 is 25.8. The summed E-state index contributed by atoms with van der Waals surface area (Å²) in [5.41, 5.74) is 0.524. The number of benzene rings is 1. The lowest BCUT2D eigenvalue weighted by molar-refractivity contribution is 0.284. The van der Waals surface area contributed by atoms with E-state index in [2.05, 4.69) is 5.32 Å². The van der Waals surface area contributed by atoms with E-state index >= 15 is 0 Å². The third kappa shape index (κ3) is 4.68. The normalized spacial score (nSPS) is 10.7. The SMILES string of the molecule is OCCCCNCCc1ccc(F)cc1F. The van der Waals surface area contributed by atoms with Gasteiger partial charge in [-0.25, -0.2) is 8.78 Å². The number of hydrogen-bond acceptors (Lipinski definition) is 2. The van der Waals surface area contributed by atoms with Crippen molar-refractivity contribution in [3.63, 3.8) is 0 Å². The van der Waals surface area contributed by atoms with Crippen LogP contribution in [-0.4, -0.2) is 24.8 Å². The van der Waals surface area contributed by atoms with E-state index in [-0.39, 0.29) is 6.61 Å². The first kappa shape index (κ1) is 13.1. The Balaban J connectivity index is 2.21. The molecule has 0 fully saturated rings. The second-order valence-electron chi connectivity index (χ2n) is 3.67. The second-order valence-corrected chi connectivity index (χ2v) is 3.67. The monoisotopic (exact) mass is 229 g/mol. The molecule has 0 unspecified atom stereocenters. The van der Waals surface area contributed by atoms with E-state index in [1.165, 1.54) is 12.1 Å². The second kappa shape index (κ2) is 7.30. The van der Waals surface area contributed by atoms with Crippen LogP contribution in [0.15, 0.2) is 18.2 Å². The minimum atomic E-state index is -0.544. The van der Waals surface area contributed by atoms with E-state index in [0.29, 0.717) is 18.5 Å². The fourth-order valence-electron chi connectivity index (χ4n) is 1.43. The van der Waals surface area contributed by atoms with Gasteiger partial charge in [0.25, 0.3) is 0 Å². The molecule has 1 aromatic rings. The lowest BCUT2D eigenvalue weighted by atomic mass is 10.1. The Morgan fingerprint density at radius 3 is 2.62 bits per heavy atom. The van der Waals surface area contributed by atoms with Crippen molar-refractivity contribution >= 4 is 0 Å². The van der Waals surface area contributed by atoms with E-state index in [1.54, 1.807) is 0 Å². The Bertz CT molecular complexity index is 318. The molecular weight excluding hydrogens is 212 g/mol.